The minimum Gasteiger partial charge on any atom is -0.785 e. The highest BCUT2D eigenvalue weighted by molar-refractivity contribution is 8.64. The van der Waals surface area contributed by atoms with Gasteiger partial charge in [-0.15, -0.1) is 11.4 Å². The van der Waals surface area contributed by atoms with Gasteiger partial charge in [0.05, 0.1) is 0 Å². The van der Waals surface area contributed by atoms with Gasteiger partial charge in [0, 0.05) is 0 Å². The number of carbonyl (C=O) groups is 1. The zero-order valence-corrected chi connectivity index (χ0v) is 7.52. The molecular formula is C3H6O3PS2-. The van der Waals surface area contributed by atoms with Gasteiger partial charge < -0.3 is 9.46 Å². The van der Waals surface area contributed by atoms with Gasteiger partial charge in [-0.05, 0) is 12.5 Å². The molecule has 0 aromatic carbocycles. The van der Waals surface area contributed by atoms with Crippen LogP contribution >= 0.6 is 29.7 Å². The second-order valence-corrected chi connectivity index (χ2v) is 6.54. The normalized spacial score (nSPS) is 16.8. The fraction of sp³-hybridized carbons (Fsp3) is 0.667. The molecule has 0 saturated heterocycles. The lowest BCUT2D eigenvalue weighted by Crippen LogP contribution is -2.02. The van der Waals surface area contributed by atoms with Gasteiger partial charge in [0.2, 0.25) is 4.86 Å². The Morgan fingerprint density at radius 2 is 2.00 bits per heavy atom. The second kappa shape index (κ2) is 3.66. The van der Waals surface area contributed by atoms with Gasteiger partial charge in [-0.25, -0.2) is 0 Å². The van der Waals surface area contributed by atoms with E-state index >= 15 is 0 Å². The molecule has 0 fully saturated rings. The fourth-order valence-electron chi connectivity index (χ4n) is 0.186. The summed E-state index contributed by atoms with van der Waals surface area (Å²) in [5.41, 5.74) is 0. The topological polar surface area (TPSA) is 57.2 Å². The molecule has 0 aliphatic heterocycles. The molecule has 6 heteroatoms. The van der Waals surface area contributed by atoms with Crippen molar-refractivity contribution in [2.24, 2.45) is 0 Å². The lowest BCUT2D eigenvalue weighted by Gasteiger charge is -2.15. The van der Waals surface area contributed by atoms with Crippen molar-refractivity contribution in [1.29, 1.82) is 0 Å². The van der Waals surface area contributed by atoms with Crippen molar-refractivity contribution in [1.82, 2.24) is 0 Å². The Hall–Kier alpha value is 0.560. The monoisotopic (exact) mass is 185 g/mol. The highest BCUT2D eigenvalue weighted by Crippen LogP contribution is 2.52. The number of carbonyl (C=O) groups excluding carboxylic acids is 1. The molecule has 0 aliphatic rings. The summed E-state index contributed by atoms with van der Waals surface area (Å²) in [6, 6.07) is 0. The third kappa shape index (κ3) is 2.76. The summed E-state index contributed by atoms with van der Waals surface area (Å²) in [5, 5.41) is 0. The molecule has 0 N–H and O–H groups in total. The molecule has 0 aliphatic carbocycles. The van der Waals surface area contributed by atoms with Crippen LogP contribution in [0.2, 0.25) is 0 Å². The molecule has 0 saturated carbocycles. The van der Waals surface area contributed by atoms with Gasteiger partial charge in [-0.3, -0.25) is 4.79 Å². The second-order valence-electron chi connectivity index (χ2n) is 1.15. The quantitative estimate of drug-likeness (QED) is 0.608. The van der Waals surface area contributed by atoms with Crippen LogP contribution in [0, 0.1) is 0 Å². The molecule has 0 amide bonds. The highest BCUT2D eigenvalue weighted by Gasteiger charge is 2.14. The lowest BCUT2D eigenvalue weighted by molar-refractivity contribution is -0.163. The van der Waals surface area contributed by atoms with E-state index in [1.165, 1.54) is 12.5 Å². The SMILES string of the molecule is CSC(=O)P(=O)([O-])SC. The summed E-state index contributed by atoms with van der Waals surface area (Å²) >= 11 is 1.31. The Bertz CT molecular complexity index is 157. The maximum Gasteiger partial charge on any atom is 0.242 e. The van der Waals surface area contributed by atoms with E-state index in [2.05, 4.69) is 0 Å². The van der Waals surface area contributed by atoms with Gasteiger partial charge >= 0.3 is 0 Å². The zero-order valence-electron chi connectivity index (χ0n) is 4.99. The van der Waals surface area contributed by atoms with Crippen molar-refractivity contribution in [3.63, 3.8) is 0 Å². The van der Waals surface area contributed by atoms with Crippen LogP contribution in [-0.2, 0) is 4.57 Å². The molecule has 1 atom stereocenters. The van der Waals surface area contributed by atoms with E-state index in [-0.39, 0.29) is 0 Å². The predicted molar refractivity (Wildman–Crippen MR) is 40.0 cm³/mol. The standard InChI is InChI=1S/C3H7O3PS2/c1-8-3(4)7(5,6)9-2/h1-2H3,(H,5,6)/p-1. The first kappa shape index (κ1) is 9.56. The summed E-state index contributed by atoms with van der Waals surface area (Å²) in [5.74, 6) is 0. The Labute approximate surface area is 61.8 Å². The van der Waals surface area contributed by atoms with Gasteiger partial charge in [0.15, 0.2) is 0 Å². The van der Waals surface area contributed by atoms with Crippen molar-refractivity contribution in [2.45, 2.75) is 0 Å². The summed E-state index contributed by atoms with van der Waals surface area (Å²) in [6.45, 7) is -3.77. The van der Waals surface area contributed by atoms with E-state index in [9.17, 15) is 14.3 Å². The molecule has 0 rings (SSSR count). The van der Waals surface area contributed by atoms with Crippen molar-refractivity contribution in [3.05, 3.63) is 0 Å². The Morgan fingerprint density at radius 1 is 1.56 bits per heavy atom. The number of hydrogen-bond donors (Lipinski definition) is 0. The minimum atomic E-state index is -3.77. The summed E-state index contributed by atoms with van der Waals surface area (Å²) in [4.78, 5) is 20.2. The third-order valence-electron chi connectivity index (χ3n) is 0.639. The molecule has 0 aromatic rings. The largest absolute Gasteiger partial charge is 0.785 e. The van der Waals surface area contributed by atoms with E-state index in [0.29, 0.717) is 11.4 Å². The van der Waals surface area contributed by atoms with Crippen LogP contribution in [0.1, 0.15) is 0 Å². The Morgan fingerprint density at radius 3 is 2.11 bits per heavy atom. The molecule has 54 valence electrons. The van der Waals surface area contributed by atoms with Crippen LogP contribution < -0.4 is 4.89 Å². The molecule has 3 nitrogen and oxygen atoms in total. The third-order valence-corrected chi connectivity index (χ3v) is 5.47. The van der Waals surface area contributed by atoms with Gasteiger partial charge in [-0.2, -0.15) is 0 Å². The smallest absolute Gasteiger partial charge is 0.242 e. The van der Waals surface area contributed by atoms with Crippen molar-refractivity contribution in [2.75, 3.05) is 12.5 Å². The van der Waals surface area contributed by atoms with Crippen molar-refractivity contribution < 1.29 is 14.3 Å². The molecule has 0 aromatic heterocycles. The molecule has 0 bridgehead atoms. The Kier molecular flexibility index (Phi) is 3.89. The minimum absolute atomic E-state index is 0.589. The van der Waals surface area contributed by atoms with Crippen molar-refractivity contribution >= 4 is 34.6 Å². The summed E-state index contributed by atoms with van der Waals surface area (Å²) in [6.07, 6.45) is 2.82. The summed E-state index contributed by atoms with van der Waals surface area (Å²) < 4.78 is 10.6. The number of hydrogen-bond acceptors (Lipinski definition) is 5. The van der Waals surface area contributed by atoms with E-state index < -0.39 is 11.4 Å². The Balaban J connectivity index is 4.16. The molecule has 0 spiro atoms. The molecule has 0 heterocycles. The van der Waals surface area contributed by atoms with E-state index in [1.807, 2.05) is 0 Å². The zero-order chi connectivity index (χ0) is 7.49. The van der Waals surface area contributed by atoms with Crippen LogP contribution in [0.5, 0.6) is 0 Å². The van der Waals surface area contributed by atoms with E-state index in [4.69, 9.17) is 0 Å². The maximum absolute atomic E-state index is 10.6. The lowest BCUT2D eigenvalue weighted by atomic mass is 11.8. The predicted octanol–water partition coefficient (Wildman–Crippen LogP) is 1.39. The molecular weight excluding hydrogens is 179 g/mol. The van der Waals surface area contributed by atoms with E-state index in [0.717, 1.165) is 11.8 Å². The first-order valence-electron chi connectivity index (χ1n) is 2.00. The number of thioether (sulfide) groups is 1. The average Bonchev–Trinajstić information content (AvgIpc) is 1.86. The van der Waals surface area contributed by atoms with Crippen LogP contribution in [-0.4, -0.2) is 17.4 Å². The van der Waals surface area contributed by atoms with E-state index in [1.54, 1.807) is 0 Å². The first-order valence-corrected chi connectivity index (χ1v) is 6.68. The maximum atomic E-state index is 10.6. The highest BCUT2D eigenvalue weighted by atomic mass is 32.7. The van der Waals surface area contributed by atoms with Crippen LogP contribution in [0.3, 0.4) is 0 Å². The molecule has 0 radical (unpaired) electrons. The van der Waals surface area contributed by atoms with Crippen LogP contribution in [0.15, 0.2) is 0 Å². The summed E-state index contributed by atoms with van der Waals surface area (Å²) in [7, 11) is 0. The van der Waals surface area contributed by atoms with Crippen molar-refractivity contribution in [3.8, 4) is 0 Å². The first-order chi connectivity index (χ1) is 4.04. The van der Waals surface area contributed by atoms with Crippen LogP contribution in [0.25, 0.3) is 0 Å². The van der Waals surface area contributed by atoms with Crippen LogP contribution in [0.4, 0.5) is 4.79 Å². The fourth-order valence-corrected chi connectivity index (χ4v) is 3.02. The van der Waals surface area contributed by atoms with Gasteiger partial charge in [0.1, 0.15) is 6.57 Å². The molecule has 1 unspecified atom stereocenters. The molecule has 9 heavy (non-hydrogen) atoms. The van der Waals surface area contributed by atoms with Gasteiger partial charge in [0.25, 0.3) is 0 Å². The average molecular weight is 185 g/mol. The number of rotatable bonds is 2. The van der Waals surface area contributed by atoms with Gasteiger partial charge in [-0.1, -0.05) is 11.8 Å².